The number of unbranched alkanes of at least 4 members (excludes halogenated alkanes) is 1. The molecule has 1 rings (SSSR count). The van der Waals surface area contributed by atoms with Gasteiger partial charge in [0, 0.05) is 5.41 Å². The van der Waals surface area contributed by atoms with E-state index < -0.39 is 0 Å². The summed E-state index contributed by atoms with van der Waals surface area (Å²) in [6.45, 7) is 16.5. The summed E-state index contributed by atoms with van der Waals surface area (Å²) in [6.07, 6.45) is 19.2. The van der Waals surface area contributed by atoms with E-state index >= 15 is 0 Å². The van der Waals surface area contributed by atoms with E-state index in [1.54, 1.807) is 16.7 Å². The lowest BCUT2D eigenvalue weighted by molar-refractivity contribution is 0.324. The first-order valence-electron chi connectivity index (χ1n) is 11.1. The van der Waals surface area contributed by atoms with Crippen LogP contribution in [0.3, 0.4) is 0 Å². The van der Waals surface area contributed by atoms with E-state index in [0.29, 0.717) is 0 Å². The van der Waals surface area contributed by atoms with Gasteiger partial charge in [0.25, 0.3) is 0 Å². The van der Waals surface area contributed by atoms with Gasteiger partial charge in [-0.1, -0.05) is 98.8 Å². The molecule has 25 heavy (non-hydrogen) atoms. The molecule has 0 amide bonds. The third-order valence-electron chi connectivity index (χ3n) is 5.88. The van der Waals surface area contributed by atoms with E-state index in [9.17, 15) is 0 Å². The second kappa shape index (κ2) is 11.0. The molecule has 0 spiro atoms. The van der Waals surface area contributed by atoms with E-state index in [1.165, 1.54) is 57.8 Å². The van der Waals surface area contributed by atoms with E-state index in [0.717, 1.165) is 11.8 Å². The fourth-order valence-electron chi connectivity index (χ4n) is 4.56. The summed E-state index contributed by atoms with van der Waals surface area (Å²) in [4.78, 5) is 0. The van der Waals surface area contributed by atoms with Gasteiger partial charge < -0.3 is 0 Å². The van der Waals surface area contributed by atoms with Gasteiger partial charge >= 0.3 is 0 Å². The summed E-state index contributed by atoms with van der Waals surface area (Å²) in [5.41, 5.74) is 5.16. The molecule has 144 valence electrons. The van der Waals surface area contributed by atoms with Crippen LogP contribution in [0.25, 0.3) is 0 Å². The summed E-state index contributed by atoms with van der Waals surface area (Å²) in [6, 6.07) is 0. The van der Waals surface area contributed by atoms with Gasteiger partial charge in [-0.3, -0.25) is 0 Å². The van der Waals surface area contributed by atoms with Crippen LogP contribution in [0.4, 0.5) is 0 Å². The lowest BCUT2D eigenvalue weighted by Crippen LogP contribution is -2.18. The Kier molecular flexibility index (Phi) is 9.83. The van der Waals surface area contributed by atoms with Crippen molar-refractivity contribution in [2.75, 3.05) is 0 Å². The Labute approximate surface area is 158 Å². The van der Waals surface area contributed by atoms with Crippen LogP contribution >= 0.6 is 0 Å². The van der Waals surface area contributed by atoms with Gasteiger partial charge in [0.05, 0.1) is 0 Å². The van der Waals surface area contributed by atoms with Crippen LogP contribution in [-0.4, -0.2) is 0 Å². The van der Waals surface area contributed by atoms with Crippen molar-refractivity contribution in [3.05, 3.63) is 34.9 Å². The topological polar surface area (TPSA) is 0 Å². The summed E-state index contributed by atoms with van der Waals surface area (Å²) in [5, 5.41) is 0. The van der Waals surface area contributed by atoms with Gasteiger partial charge in [0.15, 0.2) is 0 Å². The van der Waals surface area contributed by atoms with Gasteiger partial charge in [-0.2, -0.15) is 0 Å². The molecular weight excluding hydrogens is 300 g/mol. The van der Waals surface area contributed by atoms with Crippen molar-refractivity contribution in [1.82, 2.24) is 0 Å². The largest absolute Gasteiger partial charge is 0.0748 e. The lowest BCUT2D eigenvalue weighted by atomic mass is 9.75. The molecule has 0 aromatic rings. The summed E-state index contributed by atoms with van der Waals surface area (Å²) < 4.78 is 0. The van der Waals surface area contributed by atoms with Crippen molar-refractivity contribution >= 4 is 0 Å². The number of rotatable bonds is 11. The SMILES string of the molecule is CCCCC1=CC(C)(C)C=CC(C(CCC)C(CC)CCC)=C1CC. The van der Waals surface area contributed by atoms with Gasteiger partial charge in [-0.15, -0.1) is 0 Å². The molecule has 0 N–H and O–H groups in total. The molecule has 0 saturated carbocycles. The molecular formula is C25H44. The quantitative estimate of drug-likeness (QED) is 0.352. The monoisotopic (exact) mass is 344 g/mol. The maximum Gasteiger partial charge on any atom is 0.00135 e. The Morgan fingerprint density at radius 3 is 2.12 bits per heavy atom. The fourth-order valence-corrected chi connectivity index (χ4v) is 4.56. The van der Waals surface area contributed by atoms with Crippen LogP contribution in [0.5, 0.6) is 0 Å². The molecule has 0 saturated heterocycles. The van der Waals surface area contributed by atoms with Crippen LogP contribution in [-0.2, 0) is 0 Å². The van der Waals surface area contributed by atoms with E-state index in [4.69, 9.17) is 0 Å². The van der Waals surface area contributed by atoms with Crippen LogP contribution in [0.1, 0.15) is 106 Å². The van der Waals surface area contributed by atoms with E-state index in [2.05, 4.69) is 66.7 Å². The molecule has 0 heteroatoms. The molecule has 1 aliphatic rings. The summed E-state index contributed by atoms with van der Waals surface area (Å²) in [7, 11) is 0. The number of hydrogen-bond acceptors (Lipinski definition) is 0. The van der Waals surface area contributed by atoms with Gasteiger partial charge in [0.1, 0.15) is 0 Å². The molecule has 2 unspecified atom stereocenters. The molecule has 0 bridgehead atoms. The molecule has 2 atom stereocenters. The lowest BCUT2D eigenvalue weighted by Gasteiger charge is -2.30. The molecule has 0 aromatic heterocycles. The van der Waals surface area contributed by atoms with Crippen molar-refractivity contribution in [3.63, 3.8) is 0 Å². The van der Waals surface area contributed by atoms with Crippen molar-refractivity contribution in [2.24, 2.45) is 17.3 Å². The molecule has 0 aliphatic heterocycles. The highest BCUT2D eigenvalue weighted by Crippen LogP contribution is 2.41. The van der Waals surface area contributed by atoms with Crippen LogP contribution in [0.15, 0.2) is 34.9 Å². The smallest absolute Gasteiger partial charge is 0.00135 e. The highest BCUT2D eigenvalue weighted by atomic mass is 14.3. The van der Waals surface area contributed by atoms with Gasteiger partial charge in [-0.25, -0.2) is 0 Å². The first-order chi connectivity index (χ1) is 11.9. The Bertz CT molecular complexity index is 472. The second-order valence-electron chi connectivity index (χ2n) is 8.57. The third-order valence-corrected chi connectivity index (χ3v) is 5.88. The number of allylic oxidation sites excluding steroid dienone is 6. The highest BCUT2D eigenvalue weighted by molar-refractivity contribution is 5.46. The third kappa shape index (κ3) is 6.46. The van der Waals surface area contributed by atoms with Gasteiger partial charge in [-0.05, 0) is 54.2 Å². The Morgan fingerprint density at radius 2 is 1.60 bits per heavy atom. The molecule has 0 fully saturated rings. The molecule has 0 aromatic carbocycles. The van der Waals surface area contributed by atoms with Gasteiger partial charge in [0.2, 0.25) is 0 Å². The maximum absolute atomic E-state index is 2.56. The molecule has 0 radical (unpaired) electrons. The van der Waals surface area contributed by atoms with Crippen molar-refractivity contribution in [3.8, 4) is 0 Å². The van der Waals surface area contributed by atoms with Crippen LogP contribution in [0.2, 0.25) is 0 Å². The first-order valence-corrected chi connectivity index (χ1v) is 11.1. The number of hydrogen-bond donors (Lipinski definition) is 0. The van der Waals surface area contributed by atoms with Crippen molar-refractivity contribution in [2.45, 2.75) is 106 Å². The predicted octanol–water partition coefficient (Wildman–Crippen LogP) is 8.65. The normalized spacial score (nSPS) is 19.6. The van der Waals surface area contributed by atoms with Crippen molar-refractivity contribution < 1.29 is 0 Å². The van der Waals surface area contributed by atoms with Crippen LogP contribution in [0, 0.1) is 17.3 Å². The average Bonchev–Trinajstić information content (AvgIpc) is 2.71. The van der Waals surface area contributed by atoms with Crippen molar-refractivity contribution in [1.29, 1.82) is 0 Å². The average molecular weight is 345 g/mol. The molecule has 1 aliphatic carbocycles. The zero-order chi connectivity index (χ0) is 18.9. The fraction of sp³-hybridized carbons (Fsp3) is 0.760. The second-order valence-corrected chi connectivity index (χ2v) is 8.57. The maximum atomic E-state index is 2.56. The minimum Gasteiger partial charge on any atom is -0.0748 e. The zero-order valence-corrected chi connectivity index (χ0v) is 18.3. The Balaban J connectivity index is 3.40. The van der Waals surface area contributed by atoms with E-state index in [-0.39, 0.29) is 5.41 Å². The van der Waals surface area contributed by atoms with Crippen LogP contribution < -0.4 is 0 Å². The molecule has 0 nitrogen and oxygen atoms in total. The molecule has 0 heterocycles. The zero-order valence-electron chi connectivity index (χ0n) is 18.3. The minimum absolute atomic E-state index is 0.175. The first kappa shape index (κ1) is 22.3. The minimum atomic E-state index is 0.175. The Hall–Kier alpha value is -0.780. The summed E-state index contributed by atoms with van der Waals surface area (Å²) >= 11 is 0. The highest BCUT2D eigenvalue weighted by Gasteiger charge is 2.27. The van der Waals surface area contributed by atoms with E-state index in [1.807, 2.05) is 0 Å². The summed E-state index contributed by atoms with van der Waals surface area (Å²) in [5.74, 6) is 1.57. The Morgan fingerprint density at radius 1 is 0.920 bits per heavy atom. The predicted molar refractivity (Wildman–Crippen MR) is 115 cm³/mol. The standard InChI is InChI=1S/C25H44/c1-8-13-16-21-19-25(6,7)18-17-24(22(21)12-5)23(15-10-3)20(11-4)14-9-2/h17-20,23H,8-16H2,1-7H3.